The molecule has 7 nitrogen and oxygen atoms in total. The highest BCUT2D eigenvalue weighted by molar-refractivity contribution is 6.07. The van der Waals surface area contributed by atoms with Crippen LogP contribution in [0, 0.1) is 12.7 Å². The molecular formula is C24H22F4N6O. The van der Waals surface area contributed by atoms with Gasteiger partial charge in [-0.2, -0.15) is 23.4 Å². The maximum Gasteiger partial charge on any atom is 0.435 e. The molecule has 35 heavy (non-hydrogen) atoms. The summed E-state index contributed by atoms with van der Waals surface area (Å²) in [6, 6.07) is 5.75. The Bertz CT molecular complexity index is 1490. The van der Waals surface area contributed by atoms with Gasteiger partial charge < -0.3 is 4.90 Å². The van der Waals surface area contributed by atoms with Crippen molar-refractivity contribution in [2.24, 2.45) is 14.1 Å². The molecule has 0 spiro atoms. The van der Waals surface area contributed by atoms with Crippen molar-refractivity contribution in [2.75, 3.05) is 6.54 Å². The molecule has 4 aromatic rings. The van der Waals surface area contributed by atoms with Crippen LogP contribution in [0.4, 0.5) is 17.6 Å². The highest BCUT2D eigenvalue weighted by Crippen LogP contribution is 2.38. The van der Waals surface area contributed by atoms with Crippen LogP contribution in [0.2, 0.25) is 0 Å². The molecule has 3 aromatic heterocycles. The lowest BCUT2D eigenvalue weighted by atomic mass is 9.95. The Morgan fingerprint density at radius 1 is 1.14 bits per heavy atom. The van der Waals surface area contributed by atoms with Crippen LogP contribution in [-0.4, -0.2) is 41.9 Å². The number of amides is 1. The van der Waals surface area contributed by atoms with Crippen molar-refractivity contribution in [3.05, 3.63) is 64.4 Å². The average Bonchev–Trinajstić information content (AvgIpc) is 3.33. The van der Waals surface area contributed by atoms with E-state index in [1.807, 2.05) is 13.0 Å². The first-order valence-electron chi connectivity index (χ1n) is 11.0. The summed E-state index contributed by atoms with van der Waals surface area (Å²) >= 11 is 0. The summed E-state index contributed by atoms with van der Waals surface area (Å²) in [5.74, 6) is -1.19. The second-order valence-corrected chi connectivity index (χ2v) is 8.75. The Hall–Kier alpha value is -3.76. The molecule has 0 N–H and O–H groups in total. The lowest BCUT2D eigenvalue weighted by Gasteiger charge is -2.33. The van der Waals surface area contributed by atoms with Gasteiger partial charge in [0, 0.05) is 31.6 Å². The second-order valence-electron chi connectivity index (χ2n) is 8.75. The molecule has 0 aliphatic carbocycles. The molecule has 1 amide bonds. The second kappa shape index (κ2) is 7.89. The topological polar surface area (TPSA) is 68.8 Å². The number of aromatic nitrogens is 5. The number of para-hydroxylation sites is 1. The molecule has 1 aliphatic heterocycles. The Morgan fingerprint density at radius 3 is 2.57 bits per heavy atom. The first kappa shape index (κ1) is 23.0. The third kappa shape index (κ3) is 3.57. The van der Waals surface area contributed by atoms with Gasteiger partial charge in [0.25, 0.3) is 5.91 Å². The van der Waals surface area contributed by atoms with E-state index in [0.717, 1.165) is 23.4 Å². The molecular weight excluding hydrogens is 464 g/mol. The summed E-state index contributed by atoms with van der Waals surface area (Å²) in [5, 5.41) is 8.59. The highest BCUT2D eigenvalue weighted by atomic mass is 19.4. The molecule has 0 saturated heterocycles. The number of carbonyl (C=O) groups is 1. The van der Waals surface area contributed by atoms with Crippen LogP contribution in [-0.2, 0) is 26.7 Å². The lowest BCUT2D eigenvalue weighted by Crippen LogP contribution is -2.39. The fraction of sp³-hybridized carbons (Fsp3) is 0.333. The van der Waals surface area contributed by atoms with Gasteiger partial charge in [0.05, 0.1) is 40.4 Å². The SMILES string of the molecule is Cc1cccc2c(C(=O)N3CCc4c(nn(C)c4-c4cc(C(F)(F)F)nn4C)[C@@H]3C)c(F)cnc12. The van der Waals surface area contributed by atoms with Crippen LogP contribution in [0.5, 0.6) is 0 Å². The van der Waals surface area contributed by atoms with Crippen molar-refractivity contribution in [3.8, 4) is 11.4 Å². The fourth-order valence-corrected chi connectivity index (χ4v) is 4.88. The van der Waals surface area contributed by atoms with Crippen LogP contribution < -0.4 is 0 Å². The first-order valence-corrected chi connectivity index (χ1v) is 11.0. The lowest BCUT2D eigenvalue weighted by molar-refractivity contribution is -0.141. The van der Waals surface area contributed by atoms with Crippen LogP contribution in [0.1, 0.15) is 45.8 Å². The monoisotopic (exact) mass is 486 g/mol. The van der Waals surface area contributed by atoms with Gasteiger partial charge in [-0.1, -0.05) is 18.2 Å². The first-order chi connectivity index (χ1) is 16.5. The summed E-state index contributed by atoms with van der Waals surface area (Å²) in [5.41, 5.74) is 2.45. The van der Waals surface area contributed by atoms with Crippen molar-refractivity contribution < 1.29 is 22.4 Å². The Morgan fingerprint density at radius 2 is 1.89 bits per heavy atom. The molecule has 0 saturated carbocycles. The van der Waals surface area contributed by atoms with E-state index in [1.54, 1.807) is 31.0 Å². The Labute approximate surface area is 198 Å². The number of benzene rings is 1. The maximum absolute atomic E-state index is 14.9. The van der Waals surface area contributed by atoms with E-state index in [4.69, 9.17) is 0 Å². The minimum atomic E-state index is -4.57. The predicted octanol–water partition coefficient (Wildman–Crippen LogP) is 4.59. The number of carbonyl (C=O) groups excluding carboxylic acids is 1. The molecule has 1 aliphatic rings. The zero-order chi connectivity index (χ0) is 25.2. The number of rotatable bonds is 2. The summed E-state index contributed by atoms with van der Waals surface area (Å²) in [7, 11) is 3.09. The number of hydrogen-bond acceptors (Lipinski definition) is 4. The zero-order valence-electron chi connectivity index (χ0n) is 19.5. The highest BCUT2D eigenvalue weighted by Gasteiger charge is 2.38. The van der Waals surface area contributed by atoms with Gasteiger partial charge in [0.1, 0.15) is 0 Å². The van der Waals surface area contributed by atoms with E-state index in [0.29, 0.717) is 28.7 Å². The number of nitrogens with zero attached hydrogens (tertiary/aromatic N) is 6. The predicted molar refractivity (Wildman–Crippen MR) is 120 cm³/mol. The minimum Gasteiger partial charge on any atom is -0.330 e. The van der Waals surface area contributed by atoms with E-state index in [-0.39, 0.29) is 17.8 Å². The van der Waals surface area contributed by atoms with E-state index < -0.39 is 29.6 Å². The normalized spacial score (nSPS) is 16.1. The van der Waals surface area contributed by atoms with Gasteiger partial charge in [-0.05, 0) is 31.9 Å². The van der Waals surface area contributed by atoms with E-state index in [2.05, 4.69) is 15.2 Å². The molecule has 1 aromatic carbocycles. The Balaban J connectivity index is 1.56. The van der Waals surface area contributed by atoms with Gasteiger partial charge in [0.15, 0.2) is 11.5 Å². The summed E-state index contributed by atoms with van der Waals surface area (Å²) in [4.78, 5) is 19.3. The van der Waals surface area contributed by atoms with Crippen molar-refractivity contribution in [3.63, 3.8) is 0 Å². The smallest absolute Gasteiger partial charge is 0.330 e. The fourth-order valence-electron chi connectivity index (χ4n) is 4.88. The minimum absolute atomic E-state index is 0.0494. The van der Waals surface area contributed by atoms with Gasteiger partial charge in [0.2, 0.25) is 0 Å². The zero-order valence-corrected chi connectivity index (χ0v) is 19.5. The van der Waals surface area contributed by atoms with Crippen LogP contribution in [0.15, 0.2) is 30.5 Å². The molecule has 0 radical (unpaired) electrons. The maximum atomic E-state index is 14.9. The number of halogens is 4. The molecule has 5 rings (SSSR count). The van der Waals surface area contributed by atoms with Crippen LogP contribution >= 0.6 is 0 Å². The molecule has 0 fully saturated rings. The van der Waals surface area contributed by atoms with Gasteiger partial charge in [-0.25, -0.2) is 4.39 Å². The number of pyridine rings is 1. The van der Waals surface area contributed by atoms with Crippen LogP contribution in [0.25, 0.3) is 22.3 Å². The third-order valence-electron chi connectivity index (χ3n) is 6.58. The molecule has 0 unspecified atom stereocenters. The van der Waals surface area contributed by atoms with E-state index in [9.17, 15) is 22.4 Å². The van der Waals surface area contributed by atoms with Crippen molar-refractivity contribution in [2.45, 2.75) is 32.5 Å². The summed E-state index contributed by atoms with van der Waals surface area (Å²) < 4.78 is 57.2. The molecule has 1 atom stereocenters. The van der Waals surface area contributed by atoms with Crippen LogP contribution in [0.3, 0.4) is 0 Å². The van der Waals surface area contributed by atoms with Crippen molar-refractivity contribution in [1.29, 1.82) is 0 Å². The number of fused-ring (bicyclic) bond motifs is 2. The van der Waals surface area contributed by atoms with Gasteiger partial charge >= 0.3 is 6.18 Å². The van der Waals surface area contributed by atoms with Gasteiger partial charge in [-0.15, -0.1) is 0 Å². The van der Waals surface area contributed by atoms with E-state index in [1.165, 1.54) is 16.4 Å². The largest absolute Gasteiger partial charge is 0.435 e. The van der Waals surface area contributed by atoms with Crippen molar-refractivity contribution in [1.82, 2.24) is 29.4 Å². The standard InChI is InChI=1S/C24H22F4N6O/c1-12-6-5-7-14-19(16(25)11-29-20(12)14)23(35)34-9-8-15-21(13(34)2)31-33(4)22(15)17-10-18(24(26,27)28)30-32(17)3/h5-7,10-11,13H,8-9H2,1-4H3/t13-/m0/s1. The molecule has 182 valence electrons. The van der Waals surface area contributed by atoms with Crippen molar-refractivity contribution >= 4 is 16.8 Å². The number of aryl methyl sites for hydroxylation is 3. The van der Waals surface area contributed by atoms with Gasteiger partial charge in [-0.3, -0.25) is 19.1 Å². The third-order valence-corrected chi connectivity index (χ3v) is 6.58. The summed E-state index contributed by atoms with van der Waals surface area (Å²) in [6.07, 6.45) is -3.16. The number of hydrogen-bond donors (Lipinski definition) is 0. The average molecular weight is 486 g/mol. The Kier molecular flexibility index (Phi) is 5.19. The molecule has 0 bridgehead atoms. The van der Waals surface area contributed by atoms with E-state index >= 15 is 0 Å². The summed E-state index contributed by atoms with van der Waals surface area (Å²) in [6.45, 7) is 3.88. The number of alkyl halides is 3. The molecule has 4 heterocycles. The molecule has 11 heteroatoms. The quantitative estimate of drug-likeness (QED) is 0.389.